The Kier molecular flexibility index (Phi) is 8.01. The van der Waals surface area contributed by atoms with E-state index in [1.807, 2.05) is 4.90 Å². The molecule has 0 radical (unpaired) electrons. The van der Waals surface area contributed by atoms with E-state index in [0.29, 0.717) is 50.3 Å². The van der Waals surface area contributed by atoms with Gasteiger partial charge in [-0.2, -0.15) is 13.2 Å². The number of hydrogen-bond donors (Lipinski definition) is 1. The van der Waals surface area contributed by atoms with Crippen LogP contribution in [0.2, 0.25) is 0 Å². The summed E-state index contributed by atoms with van der Waals surface area (Å²) in [5.41, 5.74) is 2.19. The maximum atomic E-state index is 16.3. The minimum Gasteiger partial charge on any atom is -0.493 e. The standard InChI is InChI=1S/C30H37F4N3O3/c31-29(27(39)37-16-3-6-25(37)26(35)38)15-2-1-5-24(29)22-7-9-23(10-8-22)40-19-21-11-17-36(18-12-21)20-28(13-4-14-28)30(32,33)34/h1-2,5,7-10,15,21,24-25H,3-4,6,11-14,16-20H2,(H2,35,38)/t24?,25-,29?/m0/s1. The zero-order valence-corrected chi connectivity index (χ0v) is 22.5. The molecule has 1 aromatic carbocycles. The molecule has 2 N–H and O–H groups in total. The fraction of sp³-hybridized carbons (Fsp3) is 0.600. The Morgan fingerprint density at radius 1 is 1.00 bits per heavy atom. The molecule has 1 saturated carbocycles. The quantitative estimate of drug-likeness (QED) is 0.457. The second kappa shape index (κ2) is 11.2. The lowest BCUT2D eigenvalue weighted by molar-refractivity contribution is -0.256. The van der Waals surface area contributed by atoms with Gasteiger partial charge in [-0.1, -0.05) is 36.8 Å². The summed E-state index contributed by atoms with van der Waals surface area (Å²) in [5.74, 6) is -1.40. The Hall–Kier alpha value is -2.88. The number of nitrogens with zero attached hydrogens (tertiary/aromatic N) is 2. The molecule has 2 amide bonds. The lowest BCUT2D eigenvalue weighted by Gasteiger charge is -2.47. The number of nitrogens with two attached hydrogens (primary N) is 1. The van der Waals surface area contributed by atoms with Crippen molar-refractivity contribution < 1.29 is 31.9 Å². The molecule has 40 heavy (non-hydrogen) atoms. The average Bonchev–Trinajstić information content (AvgIpc) is 3.40. The summed E-state index contributed by atoms with van der Waals surface area (Å²) in [6, 6.07) is 6.16. The number of hydrogen-bond acceptors (Lipinski definition) is 4. The molecule has 2 unspecified atom stereocenters. The van der Waals surface area contributed by atoms with E-state index < -0.39 is 41.0 Å². The van der Waals surface area contributed by atoms with Crippen molar-refractivity contribution >= 4 is 11.8 Å². The topological polar surface area (TPSA) is 75.9 Å². The van der Waals surface area contributed by atoms with E-state index in [4.69, 9.17) is 10.5 Å². The molecule has 218 valence electrons. The van der Waals surface area contributed by atoms with Crippen LogP contribution in [0.1, 0.15) is 56.4 Å². The smallest absolute Gasteiger partial charge is 0.395 e. The zero-order chi connectivity index (χ0) is 28.5. The fourth-order valence-corrected chi connectivity index (χ4v) is 6.56. The van der Waals surface area contributed by atoms with Crippen molar-refractivity contribution in [3.8, 4) is 5.75 Å². The first kappa shape index (κ1) is 28.6. The van der Waals surface area contributed by atoms with E-state index in [1.54, 1.807) is 36.4 Å². The highest BCUT2D eigenvalue weighted by atomic mass is 19.4. The Morgan fingerprint density at radius 3 is 2.30 bits per heavy atom. The molecule has 2 aliphatic carbocycles. The third-order valence-corrected chi connectivity index (χ3v) is 9.25. The van der Waals surface area contributed by atoms with Crippen molar-refractivity contribution in [2.75, 3.05) is 32.8 Å². The van der Waals surface area contributed by atoms with Crippen molar-refractivity contribution in [2.45, 2.75) is 68.8 Å². The van der Waals surface area contributed by atoms with Crippen LogP contribution < -0.4 is 10.5 Å². The van der Waals surface area contributed by atoms with Crippen LogP contribution in [-0.2, 0) is 9.59 Å². The number of carbonyl (C=O) groups excluding carboxylic acids is 2. The van der Waals surface area contributed by atoms with Crippen LogP contribution in [0.15, 0.2) is 48.6 Å². The van der Waals surface area contributed by atoms with E-state index >= 15 is 4.39 Å². The fourth-order valence-electron chi connectivity index (χ4n) is 6.56. The highest BCUT2D eigenvalue weighted by Gasteiger charge is 2.58. The van der Waals surface area contributed by atoms with Crippen molar-refractivity contribution in [1.29, 1.82) is 0 Å². The van der Waals surface area contributed by atoms with Crippen LogP contribution in [0.4, 0.5) is 17.6 Å². The number of rotatable bonds is 8. The Morgan fingerprint density at radius 2 is 1.70 bits per heavy atom. The summed E-state index contributed by atoms with van der Waals surface area (Å²) in [7, 11) is 0. The number of benzene rings is 1. The molecule has 2 aliphatic heterocycles. The number of likely N-dealkylation sites (tertiary alicyclic amines) is 2. The molecular weight excluding hydrogens is 526 g/mol. The van der Waals surface area contributed by atoms with Gasteiger partial charge >= 0.3 is 6.18 Å². The Bertz CT molecular complexity index is 1140. The number of ether oxygens (including phenoxy) is 1. The van der Waals surface area contributed by atoms with Gasteiger partial charge in [0, 0.05) is 19.0 Å². The minimum atomic E-state index is -4.14. The third kappa shape index (κ3) is 5.51. The van der Waals surface area contributed by atoms with E-state index in [0.717, 1.165) is 12.8 Å². The second-order valence-electron chi connectivity index (χ2n) is 11.8. The first-order valence-electron chi connectivity index (χ1n) is 14.2. The van der Waals surface area contributed by atoms with Crippen molar-refractivity contribution in [2.24, 2.45) is 17.1 Å². The van der Waals surface area contributed by atoms with Crippen LogP contribution in [0.25, 0.3) is 0 Å². The van der Waals surface area contributed by atoms with Gasteiger partial charge in [0.1, 0.15) is 11.8 Å². The van der Waals surface area contributed by atoms with E-state index in [1.165, 1.54) is 17.1 Å². The maximum absolute atomic E-state index is 16.3. The summed E-state index contributed by atoms with van der Waals surface area (Å²) in [5, 5.41) is 0. The predicted molar refractivity (Wildman–Crippen MR) is 142 cm³/mol. The van der Waals surface area contributed by atoms with Gasteiger partial charge in [0.2, 0.25) is 11.6 Å². The first-order chi connectivity index (χ1) is 19.0. The average molecular weight is 564 g/mol. The Balaban J connectivity index is 1.15. The van der Waals surface area contributed by atoms with Crippen molar-refractivity contribution in [1.82, 2.24) is 9.80 Å². The summed E-state index contributed by atoms with van der Waals surface area (Å²) in [6.07, 6.45) is 5.63. The maximum Gasteiger partial charge on any atom is 0.395 e. The number of carbonyl (C=O) groups is 2. The molecule has 0 aromatic heterocycles. The summed E-state index contributed by atoms with van der Waals surface area (Å²) in [4.78, 5) is 28.3. The number of piperidine rings is 1. The third-order valence-electron chi connectivity index (χ3n) is 9.25. The zero-order valence-electron chi connectivity index (χ0n) is 22.5. The number of primary amides is 1. The van der Waals surface area contributed by atoms with Crippen LogP contribution in [-0.4, -0.2) is 72.3 Å². The van der Waals surface area contributed by atoms with Crippen LogP contribution in [0.5, 0.6) is 5.75 Å². The lowest BCUT2D eigenvalue weighted by atomic mass is 9.67. The molecule has 0 bridgehead atoms. The van der Waals surface area contributed by atoms with Gasteiger partial charge in [-0.15, -0.1) is 0 Å². The lowest BCUT2D eigenvalue weighted by Crippen LogP contribution is -2.53. The second-order valence-corrected chi connectivity index (χ2v) is 11.8. The number of halogens is 4. The van der Waals surface area contributed by atoms with Crippen LogP contribution >= 0.6 is 0 Å². The number of allylic oxidation sites excluding steroid dienone is 3. The molecule has 3 fully saturated rings. The predicted octanol–water partition coefficient (Wildman–Crippen LogP) is 4.90. The van der Waals surface area contributed by atoms with Crippen molar-refractivity contribution in [3.05, 3.63) is 54.1 Å². The summed E-state index contributed by atoms with van der Waals surface area (Å²) >= 11 is 0. The van der Waals surface area contributed by atoms with Gasteiger partial charge < -0.3 is 20.3 Å². The molecule has 10 heteroatoms. The highest BCUT2D eigenvalue weighted by Crippen LogP contribution is 2.53. The highest BCUT2D eigenvalue weighted by molar-refractivity contribution is 5.94. The molecule has 3 atom stereocenters. The molecular formula is C30H37F4N3O3. The molecule has 2 saturated heterocycles. The van der Waals surface area contributed by atoms with E-state index in [2.05, 4.69) is 0 Å². The SMILES string of the molecule is NC(=O)[C@@H]1CCCN1C(=O)C1(F)C=CC=CC1c1ccc(OCC2CCN(CC3(C(F)(F)F)CCC3)CC2)cc1. The largest absolute Gasteiger partial charge is 0.493 e. The molecule has 2 heterocycles. The number of amides is 2. The van der Waals surface area contributed by atoms with Crippen LogP contribution in [0.3, 0.4) is 0 Å². The molecule has 6 nitrogen and oxygen atoms in total. The van der Waals surface area contributed by atoms with E-state index in [-0.39, 0.29) is 31.8 Å². The van der Waals surface area contributed by atoms with Gasteiger partial charge in [0.15, 0.2) is 0 Å². The van der Waals surface area contributed by atoms with Gasteiger partial charge in [-0.25, -0.2) is 4.39 Å². The van der Waals surface area contributed by atoms with Gasteiger partial charge in [-0.05, 0) is 81.3 Å². The van der Waals surface area contributed by atoms with Gasteiger partial charge in [0.25, 0.3) is 5.91 Å². The summed E-state index contributed by atoms with van der Waals surface area (Å²) < 4.78 is 62.9. The minimum absolute atomic E-state index is 0.0931. The molecule has 0 spiro atoms. The van der Waals surface area contributed by atoms with Gasteiger partial charge in [0.05, 0.1) is 12.0 Å². The molecule has 1 aromatic rings. The molecule has 5 rings (SSSR count). The summed E-state index contributed by atoms with van der Waals surface area (Å²) in [6.45, 7) is 2.10. The van der Waals surface area contributed by atoms with Crippen molar-refractivity contribution in [3.63, 3.8) is 0 Å². The van der Waals surface area contributed by atoms with E-state index in [9.17, 15) is 22.8 Å². The monoisotopic (exact) mass is 563 g/mol. The Labute approximate surface area is 232 Å². The first-order valence-corrected chi connectivity index (χ1v) is 14.2. The molecule has 4 aliphatic rings. The van der Waals surface area contributed by atoms with Crippen LogP contribution in [0, 0.1) is 11.3 Å². The normalized spacial score (nSPS) is 28.9. The number of alkyl halides is 4. The van der Waals surface area contributed by atoms with Gasteiger partial charge in [-0.3, -0.25) is 9.59 Å².